The average molecular weight is 781 g/mol. The van der Waals surface area contributed by atoms with Crippen molar-refractivity contribution in [3.05, 3.63) is 60.7 Å². The molecule has 0 heterocycles. The van der Waals surface area contributed by atoms with Gasteiger partial charge in [0.2, 0.25) is 0 Å². The fraction of sp³-hybridized carbons (Fsp3) is 0.714. The zero-order valence-electron chi connectivity index (χ0n) is 33.9. The van der Waals surface area contributed by atoms with Crippen LogP contribution < -0.4 is 10.4 Å². The van der Waals surface area contributed by atoms with E-state index < -0.39 is 8.32 Å². The monoisotopic (exact) mass is 780 g/mol. The Morgan fingerprint density at radius 2 is 0.630 bits per heavy atom. The molecule has 0 amide bonds. The molecule has 0 aliphatic heterocycles. The molecule has 2 aromatic rings. The number of rotatable bonds is 38. The molecule has 0 bridgehead atoms. The average Bonchev–Trinajstić information content (AvgIpc) is 3.18. The van der Waals surface area contributed by atoms with Crippen molar-refractivity contribution in [3.63, 3.8) is 0 Å². The van der Waals surface area contributed by atoms with Crippen LogP contribution in [0.2, 0.25) is 5.04 Å². The fourth-order valence-electron chi connectivity index (χ4n) is 5.73. The third-order valence-corrected chi connectivity index (χ3v) is 13.5. The fourth-order valence-corrected chi connectivity index (χ4v) is 10.3. The molecule has 310 valence electrons. The molecule has 12 heteroatoms. The summed E-state index contributed by atoms with van der Waals surface area (Å²) in [5, 5.41) is 2.48. The summed E-state index contributed by atoms with van der Waals surface area (Å²) in [6.07, 6.45) is 4.89. The van der Waals surface area contributed by atoms with Gasteiger partial charge in [-0.2, -0.15) is 0 Å². The summed E-state index contributed by atoms with van der Waals surface area (Å²) in [6.45, 7) is 20.5. The molecule has 11 nitrogen and oxygen atoms in total. The maximum absolute atomic E-state index is 6.85. The Balaban J connectivity index is 1.30. The minimum absolute atomic E-state index is 0.0543. The van der Waals surface area contributed by atoms with Crippen molar-refractivity contribution in [2.24, 2.45) is 0 Å². The molecule has 54 heavy (non-hydrogen) atoms. The molecule has 2 aromatic carbocycles. The van der Waals surface area contributed by atoms with E-state index in [4.69, 9.17) is 51.8 Å². The summed E-state index contributed by atoms with van der Waals surface area (Å²) < 4.78 is 62.6. The Hall–Kier alpha value is -1.78. The largest absolute Gasteiger partial charge is 0.405 e. The highest BCUT2D eigenvalue weighted by Crippen LogP contribution is 2.36. The molecule has 0 aliphatic carbocycles. The first-order valence-corrected chi connectivity index (χ1v) is 22.0. The van der Waals surface area contributed by atoms with Crippen molar-refractivity contribution in [3.8, 4) is 0 Å². The van der Waals surface area contributed by atoms with Crippen LogP contribution in [0.3, 0.4) is 0 Å². The van der Waals surface area contributed by atoms with Crippen LogP contribution >= 0.6 is 0 Å². The van der Waals surface area contributed by atoms with Gasteiger partial charge in [0.15, 0.2) is 0 Å². The number of ether oxygens (including phenoxy) is 10. The van der Waals surface area contributed by atoms with E-state index >= 15 is 0 Å². The van der Waals surface area contributed by atoms with Crippen LogP contribution in [0.1, 0.15) is 53.4 Å². The summed E-state index contributed by atoms with van der Waals surface area (Å²) in [4.78, 5) is 0. The highest BCUT2D eigenvalue weighted by Gasteiger charge is 2.50. The molecule has 0 saturated heterocycles. The van der Waals surface area contributed by atoms with Crippen molar-refractivity contribution in [2.45, 2.75) is 58.4 Å². The molecule has 0 unspecified atom stereocenters. The number of hydrogen-bond acceptors (Lipinski definition) is 11. The van der Waals surface area contributed by atoms with Gasteiger partial charge < -0.3 is 51.8 Å². The van der Waals surface area contributed by atoms with Gasteiger partial charge in [0.25, 0.3) is 8.32 Å². The second kappa shape index (κ2) is 33.4. The Labute approximate surface area is 327 Å². The summed E-state index contributed by atoms with van der Waals surface area (Å²) in [5.41, 5.74) is 0. The molecule has 0 saturated carbocycles. The minimum Gasteiger partial charge on any atom is -0.405 e. The van der Waals surface area contributed by atoms with E-state index in [9.17, 15) is 0 Å². The highest BCUT2D eigenvalue weighted by atomic mass is 28.4. The Bertz CT molecular complexity index is 1040. The molecule has 0 spiro atoms. The number of unbranched alkanes of at least 4 members (excludes halogenated alkanes) is 3. The maximum atomic E-state index is 6.85. The first kappa shape index (κ1) is 48.4. The lowest BCUT2D eigenvalue weighted by Crippen LogP contribution is -2.66. The van der Waals surface area contributed by atoms with Gasteiger partial charge in [0.05, 0.1) is 132 Å². The predicted octanol–water partition coefficient (Wildman–Crippen LogP) is 5.31. The Kier molecular flexibility index (Phi) is 29.9. The second-order valence-electron chi connectivity index (χ2n) is 13.7. The van der Waals surface area contributed by atoms with E-state index in [-0.39, 0.29) is 5.04 Å². The number of benzene rings is 2. The van der Waals surface area contributed by atoms with E-state index in [1.165, 1.54) is 29.6 Å². The molecule has 0 radical (unpaired) electrons. The quantitative estimate of drug-likeness (QED) is 0.0655. The van der Waals surface area contributed by atoms with Gasteiger partial charge in [-0.1, -0.05) is 108 Å². The van der Waals surface area contributed by atoms with Crippen molar-refractivity contribution >= 4 is 18.7 Å². The third kappa shape index (κ3) is 22.7. The summed E-state index contributed by atoms with van der Waals surface area (Å²) in [7, 11) is -2.54. The van der Waals surface area contributed by atoms with Crippen molar-refractivity contribution in [1.82, 2.24) is 0 Å². The summed E-state index contributed by atoms with van der Waals surface area (Å²) >= 11 is 0. The van der Waals surface area contributed by atoms with Crippen LogP contribution in [0.15, 0.2) is 60.7 Å². The zero-order chi connectivity index (χ0) is 38.7. The van der Waals surface area contributed by atoms with Crippen LogP contribution in [0.25, 0.3) is 0 Å². The minimum atomic E-state index is -2.54. The highest BCUT2D eigenvalue weighted by molar-refractivity contribution is 6.99. The van der Waals surface area contributed by atoms with Crippen molar-refractivity contribution in [1.29, 1.82) is 0 Å². The SMILES string of the molecule is CCCCCCOCCOCCOCCOCCOCCOCCOCCOCCOCCOCCO[Si](c1ccccc1)(c1ccccc1)C(C)(C)C. The van der Waals surface area contributed by atoms with Crippen LogP contribution in [0.5, 0.6) is 0 Å². The van der Waals surface area contributed by atoms with Crippen LogP contribution in [-0.2, 0) is 51.8 Å². The van der Waals surface area contributed by atoms with Gasteiger partial charge in [0.1, 0.15) is 0 Å². The van der Waals surface area contributed by atoms with Gasteiger partial charge in [-0.15, -0.1) is 0 Å². The summed E-state index contributed by atoms with van der Waals surface area (Å²) in [5.74, 6) is 0. The normalized spacial score (nSPS) is 12.1. The maximum Gasteiger partial charge on any atom is 0.261 e. The Morgan fingerprint density at radius 1 is 0.352 bits per heavy atom. The molecule has 0 aromatic heterocycles. The first-order valence-electron chi connectivity index (χ1n) is 20.0. The van der Waals surface area contributed by atoms with E-state index in [1.54, 1.807) is 0 Å². The zero-order valence-corrected chi connectivity index (χ0v) is 34.9. The van der Waals surface area contributed by atoms with E-state index in [1.807, 2.05) is 0 Å². The van der Waals surface area contributed by atoms with Gasteiger partial charge in [-0.3, -0.25) is 0 Å². The van der Waals surface area contributed by atoms with E-state index in [0.717, 1.165) is 13.0 Å². The smallest absolute Gasteiger partial charge is 0.261 e. The number of hydrogen-bond donors (Lipinski definition) is 0. The lowest BCUT2D eigenvalue weighted by Gasteiger charge is -2.43. The van der Waals surface area contributed by atoms with Crippen LogP contribution in [0, 0.1) is 0 Å². The van der Waals surface area contributed by atoms with Crippen LogP contribution in [0.4, 0.5) is 0 Å². The van der Waals surface area contributed by atoms with Gasteiger partial charge in [-0.25, -0.2) is 0 Å². The topological polar surface area (TPSA) is 102 Å². The van der Waals surface area contributed by atoms with E-state index in [2.05, 4.69) is 88.4 Å². The third-order valence-electron chi connectivity index (χ3n) is 8.45. The molecule has 2 rings (SSSR count). The predicted molar refractivity (Wildman–Crippen MR) is 216 cm³/mol. The first-order chi connectivity index (χ1) is 26.5. The van der Waals surface area contributed by atoms with Crippen LogP contribution in [-0.4, -0.2) is 147 Å². The van der Waals surface area contributed by atoms with Crippen molar-refractivity contribution < 1.29 is 51.8 Å². The standard InChI is InChI=1S/C42H72O11Si/c1-5-6-7-14-19-43-20-21-44-22-23-45-24-25-46-26-27-47-28-29-48-30-31-49-32-33-50-34-35-51-36-37-52-38-39-53-54(42(2,3)4,40-15-10-8-11-16-40)41-17-12-9-13-18-41/h8-13,15-18H,5-7,14,19-39H2,1-4H3. The Morgan fingerprint density at radius 3 is 0.907 bits per heavy atom. The molecule has 0 aliphatic rings. The van der Waals surface area contributed by atoms with Gasteiger partial charge >= 0.3 is 0 Å². The lowest BCUT2D eigenvalue weighted by molar-refractivity contribution is -0.0267. The van der Waals surface area contributed by atoms with Gasteiger partial charge in [-0.05, 0) is 21.8 Å². The molecule has 0 N–H and O–H groups in total. The molecule has 0 atom stereocenters. The van der Waals surface area contributed by atoms with Gasteiger partial charge in [0, 0.05) is 6.61 Å². The summed E-state index contributed by atoms with van der Waals surface area (Å²) in [6, 6.07) is 21.3. The molecular formula is C42H72O11Si. The molecule has 0 fully saturated rings. The molecular weight excluding hydrogens is 709 g/mol. The second-order valence-corrected chi connectivity index (χ2v) is 18.0. The lowest BCUT2D eigenvalue weighted by atomic mass is 10.2. The van der Waals surface area contributed by atoms with Crippen molar-refractivity contribution in [2.75, 3.05) is 139 Å². The van der Waals surface area contributed by atoms with E-state index in [0.29, 0.717) is 132 Å².